The summed E-state index contributed by atoms with van der Waals surface area (Å²) in [5.41, 5.74) is 2.39. The fraction of sp³-hybridized carbons (Fsp3) is 0.158. The molecule has 0 aliphatic rings. The van der Waals surface area contributed by atoms with Crippen LogP contribution in [0.4, 0.5) is 0 Å². The molecule has 0 fully saturated rings. The van der Waals surface area contributed by atoms with Crippen molar-refractivity contribution in [2.24, 2.45) is 0 Å². The average Bonchev–Trinajstić information content (AvgIpc) is 2.55. The van der Waals surface area contributed by atoms with Crippen LogP contribution in [0.2, 0.25) is 0 Å². The molecule has 3 aromatic rings. The SMILES string of the molecule is CC(NCc1ccc(I)c(O)c1)c1cccc2ccccc12. The van der Waals surface area contributed by atoms with Crippen LogP contribution in [0.3, 0.4) is 0 Å². The molecule has 0 aromatic heterocycles. The molecule has 0 saturated heterocycles. The predicted octanol–water partition coefficient (Wildman–Crippen LogP) is 5.00. The topological polar surface area (TPSA) is 32.3 Å². The van der Waals surface area contributed by atoms with Crippen LogP contribution in [0.15, 0.2) is 60.7 Å². The maximum absolute atomic E-state index is 9.79. The third-order valence-electron chi connectivity index (χ3n) is 3.91. The van der Waals surface area contributed by atoms with Crippen molar-refractivity contribution in [3.8, 4) is 5.75 Å². The molecule has 112 valence electrons. The summed E-state index contributed by atoms with van der Waals surface area (Å²) in [6, 6.07) is 20.9. The summed E-state index contributed by atoms with van der Waals surface area (Å²) in [5, 5.41) is 15.9. The Labute approximate surface area is 144 Å². The number of rotatable bonds is 4. The van der Waals surface area contributed by atoms with E-state index in [1.807, 2.05) is 18.2 Å². The first-order chi connectivity index (χ1) is 10.6. The number of nitrogens with one attached hydrogen (secondary N) is 1. The molecule has 0 saturated carbocycles. The fourth-order valence-corrected chi connectivity index (χ4v) is 3.01. The van der Waals surface area contributed by atoms with Gasteiger partial charge in [-0.25, -0.2) is 0 Å². The molecule has 22 heavy (non-hydrogen) atoms. The quantitative estimate of drug-likeness (QED) is 0.601. The Balaban J connectivity index is 1.78. The highest BCUT2D eigenvalue weighted by atomic mass is 127. The molecule has 3 aromatic carbocycles. The third-order valence-corrected chi connectivity index (χ3v) is 4.82. The predicted molar refractivity (Wildman–Crippen MR) is 100 cm³/mol. The van der Waals surface area contributed by atoms with E-state index in [4.69, 9.17) is 0 Å². The summed E-state index contributed by atoms with van der Waals surface area (Å²) in [5.74, 6) is 0.345. The minimum absolute atomic E-state index is 0.243. The number of hydrogen-bond acceptors (Lipinski definition) is 2. The first kappa shape index (κ1) is 15.3. The molecule has 0 radical (unpaired) electrons. The Morgan fingerprint density at radius 2 is 1.82 bits per heavy atom. The zero-order valence-electron chi connectivity index (χ0n) is 12.4. The molecule has 0 amide bonds. The Morgan fingerprint density at radius 3 is 2.64 bits per heavy atom. The lowest BCUT2D eigenvalue weighted by Crippen LogP contribution is -2.18. The van der Waals surface area contributed by atoms with Gasteiger partial charge in [0.05, 0.1) is 3.57 Å². The van der Waals surface area contributed by atoms with Crippen molar-refractivity contribution < 1.29 is 5.11 Å². The zero-order chi connectivity index (χ0) is 15.5. The van der Waals surface area contributed by atoms with Crippen molar-refractivity contribution in [3.05, 3.63) is 75.4 Å². The minimum Gasteiger partial charge on any atom is -0.507 e. The lowest BCUT2D eigenvalue weighted by molar-refractivity contribution is 0.469. The molecular formula is C19H18INO. The molecule has 2 N–H and O–H groups in total. The van der Waals surface area contributed by atoms with E-state index in [0.29, 0.717) is 5.75 Å². The van der Waals surface area contributed by atoms with E-state index < -0.39 is 0 Å². The smallest absolute Gasteiger partial charge is 0.129 e. The van der Waals surface area contributed by atoms with Crippen molar-refractivity contribution >= 4 is 33.4 Å². The second-order valence-electron chi connectivity index (χ2n) is 5.46. The molecule has 3 rings (SSSR count). The number of benzene rings is 3. The van der Waals surface area contributed by atoms with E-state index in [1.165, 1.54) is 16.3 Å². The summed E-state index contributed by atoms with van der Waals surface area (Å²) in [4.78, 5) is 0. The average molecular weight is 403 g/mol. The van der Waals surface area contributed by atoms with Gasteiger partial charge in [-0.3, -0.25) is 0 Å². The van der Waals surface area contributed by atoms with Crippen LogP contribution in [0.1, 0.15) is 24.1 Å². The maximum atomic E-state index is 9.79. The Morgan fingerprint density at radius 1 is 1.05 bits per heavy atom. The maximum Gasteiger partial charge on any atom is 0.129 e. The van der Waals surface area contributed by atoms with Gasteiger partial charge in [-0.1, -0.05) is 48.5 Å². The van der Waals surface area contributed by atoms with Gasteiger partial charge in [-0.05, 0) is 63.5 Å². The van der Waals surface area contributed by atoms with Gasteiger partial charge in [0.15, 0.2) is 0 Å². The number of aromatic hydroxyl groups is 1. The molecule has 0 aliphatic carbocycles. The van der Waals surface area contributed by atoms with Gasteiger partial charge in [0.1, 0.15) is 5.75 Å². The molecular weight excluding hydrogens is 385 g/mol. The van der Waals surface area contributed by atoms with Crippen molar-refractivity contribution in [2.45, 2.75) is 19.5 Å². The highest BCUT2D eigenvalue weighted by Gasteiger charge is 2.09. The van der Waals surface area contributed by atoms with Crippen molar-refractivity contribution in [3.63, 3.8) is 0 Å². The third kappa shape index (κ3) is 3.25. The number of phenols is 1. The highest BCUT2D eigenvalue weighted by molar-refractivity contribution is 14.1. The van der Waals surface area contributed by atoms with E-state index in [-0.39, 0.29) is 6.04 Å². The van der Waals surface area contributed by atoms with Gasteiger partial charge >= 0.3 is 0 Å². The minimum atomic E-state index is 0.243. The fourth-order valence-electron chi connectivity index (χ4n) is 2.68. The molecule has 0 bridgehead atoms. The monoisotopic (exact) mass is 403 g/mol. The summed E-state index contributed by atoms with van der Waals surface area (Å²) in [6.45, 7) is 2.91. The van der Waals surface area contributed by atoms with Crippen LogP contribution in [0.25, 0.3) is 10.8 Å². The second kappa shape index (κ2) is 6.67. The molecule has 0 spiro atoms. The zero-order valence-corrected chi connectivity index (χ0v) is 14.5. The number of hydrogen-bond donors (Lipinski definition) is 2. The van der Waals surface area contributed by atoms with Gasteiger partial charge in [-0.15, -0.1) is 0 Å². The van der Waals surface area contributed by atoms with Crippen LogP contribution < -0.4 is 5.32 Å². The highest BCUT2D eigenvalue weighted by Crippen LogP contribution is 2.25. The van der Waals surface area contributed by atoms with Gasteiger partial charge < -0.3 is 10.4 Å². The van der Waals surface area contributed by atoms with E-state index in [1.54, 1.807) is 0 Å². The van der Waals surface area contributed by atoms with Crippen LogP contribution in [-0.2, 0) is 6.54 Å². The normalized spacial score (nSPS) is 12.5. The van der Waals surface area contributed by atoms with Crippen molar-refractivity contribution in [1.29, 1.82) is 0 Å². The van der Waals surface area contributed by atoms with Gasteiger partial charge in [0, 0.05) is 12.6 Å². The summed E-state index contributed by atoms with van der Waals surface area (Å²) in [6.07, 6.45) is 0. The molecule has 1 unspecified atom stereocenters. The standard InChI is InChI=1S/C19H18INO/c1-13(21-12-14-9-10-18(20)19(22)11-14)16-8-4-6-15-5-2-3-7-17(15)16/h2-11,13,21-22H,12H2,1H3. The van der Waals surface area contributed by atoms with Crippen LogP contribution in [0.5, 0.6) is 5.75 Å². The Hall–Kier alpha value is -1.59. The number of halogens is 1. The molecule has 1 atom stereocenters. The lowest BCUT2D eigenvalue weighted by atomic mass is 9.99. The van der Waals surface area contributed by atoms with Crippen LogP contribution in [-0.4, -0.2) is 5.11 Å². The van der Waals surface area contributed by atoms with E-state index >= 15 is 0 Å². The first-order valence-corrected chi connectivity index (χ1v) is 8.41. The van der Waals surface area contributed by atoms with Crippen LogP contribution in [0, 0.1) is 3.57 Å². The Kier molecular flexibility index (Phi) is 4.64. The Bertz CT molecular complexity index is 795. The molecule has 0 aliphatic heterocycles. The van der Waals surface area contributed by atoms with Crippen molar-refractivity contribution in [1.82, 2.24) is 5.32 Å². The van der Waals surface area contributed by atoms with E-state index in [9.17, 15) is 5.11 Å². The molecule has 0 heterocycles. The van der Waals surface area contributed by atoms with Crippen molar-refractivity contribution in [2.75, 3.05) is 0 Å². The number of fused-ring (bicyclic) bond motifs is 1. The first-order valence-electron chi connectivity index (χ1n) is 7.33. The lowest BCUT2D eigenvalue weighted by Gasteiger charge is -2.17. The summed E-state index contributed by atoms with van der Waals surface area (Å²) >= 11 is 2.13. The molecule has 3 heteroatoms. The molecule has 2 nitrogen and oxygen atoms in total. The van der Waals surface area contributed by atoms with Gasteiger partial charge in [-0.2, -0.15) is 0 Å². The van der Waals surface area contributed by atoms with E-state index in [0.717, 1.165) is 15.7 Å². The number of phenolic OH excluding ortho intramolecular Hbond substituents is 1. The largest absolute Gasteiger partial charge is 0.507 e. The van der Waals surface area contributed by atoms with E-state index in [2.05, 4.69) is 77.3 Å². The second-order valence-corrected chi connectivity index (χ2v) is 6.62. The van der Waals surface area contributed by atoms with Crippen LogP contribution >= 0.6 is 22.6 Å². The summed E-state index contributed by atoms with van der Waals surface area (Å²) < 4.78 is 0.878. The van der Waals surface area contributed by atoms with Gasteiger partial charge in [0.25, 0.3) is 0 Å². The summed E-state index contributed by atoms with van der Waals surface area (Å²) in [7, 11) is 0. The van der Waals surface area contributed by atoms with Gasteiger partial charge in [0.2, 0.25) is 0 Å².